The van der Waals surface area contributed by atoms with E-state index in [0.717, 1.165) is 12.1 Å². The monoisotopic (exact) mass is 221 g/mol. The first kappa shape index (κ1) is 6.13. The van der Waals surface area contributed by atoms with E-state index in [1.165, 1.54) is 0 Å². The first-order valence-electron chi connectivity index (χ1n) is 2.57. The Bertz CT molecular complexity index is 137. The van der Waals surface area contributed by atoms with E-state index in [9.17, 15) is 0 Å². The minimum atomic E-state index is 0.653. The number of halogens is 1. The Morgan fingerprint density at radius 1 is 1.75 bits per heavy atom. The van der Waals surface area contributed by atoms with E-state index in [-0.39, 0.29) is 0 Å². The van der Waals surface area contributed by atoms with E-state index in [1.54, 1.807) is 0 Å². The summed E-state index contributed by atoms with van der Waals surface area (Å²) in [5, 5.41) is 0. The van der Waals surface area contributed by atoms with Crippen LogP contribution in [0.4, 0.5) is 0 Å². The maximum Gasteiger partial charge on any atom is 0.0328 e. The van der Waals surface area contributed by atoms with Crippen LogP contribution in [0, 0.1) is 0 Å². The summed E-state index contributed by atoms with van der Waals surface area (Å²) in [6.07, 6.45) is 7.22. The number of alkyl halides is 1. The minimum Gasteiger partial charge on any atom is -0.399 e. The highest BCUT2D eigenvalue weighted by atomic mass is 127. The Labute approximate surface area is 62.8 Å². The lowest BCUT2D eigenvalue weighted by Crippen LogP contribution is -2.01. The molecule has 0 spiro atoms. The van der Waals surface area contributed by atoms with Crippen LogP contribution < -0.4 is 5.73 Å². The molecule has 2 heteroatoms. The SMILES string of the molecule is NC1=CCC(I)C=C1. The fraction of sp³-hybridized carbons (Fsp3) is 0.333. The van der Waals surface area contributed by atoms with Crippen LogP contribution in [0.3, 0.4) is 0 Å². The van der Waals surface area contributed by atoms with Crippen molar-refractivity contribution in [1.29, 1.82) is 0 Å². The van der Waals surface area contributed by atoms with Crippen LogP contribution in [0.2, 0.25) is 0 Å². The summed E-state index contributed by atoms with van der Waals surface area (Å²) in [5.74, 6) is 0. The Kier molecular flexibility index (Phi) is 1.94. The van der Waals surface area contributed by atoms with Crippen molar-refractivity contribution in [2.45, 2.75) is 10.3 Å². The Morgan fingerprint density at radius 3 is 2.88 bits per heavy atom. The normalized spacial score (nSPS) is 27.6. The van der Waals surface area contributed by atoms with Crippen LogP contribution in [0.5, 0.6) is 0 Å². The van der Waals surface area contributed by atoms with Gasteiger partial charge in [0.15, 0.2) is 0 Å². The summed E-state index contributed by atoms with van der Waals surface area (Å²) >= 11 is 2.38. The Morgan fingerprint density at radius 2 is 2.50 bits per heavy atom. The molecule has 0 heterocycles. The van der Waals surface area contributed by atoms with Gasteiger partial charge in [-0.25, -0.2) is 0 Å². The van der Waals surface area contributed by atoms with E-state index >= 15 is 0 Å². The van der Waals surface area contributed by atoms with E-state index in [0.29, 0.717) is 3.92 Å². The maximum atomic E-state index is 5.47. The van der Waals surface area contributed by atoms with Gasteiger partial charge in [0, 0.05) is 9.62 Å². The zero-order valence-electron chi connectivity index (χ0n) is 4.47. The van der Waals surface area contributed by atoms with E-state index in [1.807, 2.05) is 6.08 Å². The molecule has 1 aliphatic rings. The zero-order valence-corrected chi connectivity index (χ0v) is 6.63. The largest absolute Gasteiger partial charge is 0.399 e. The fourth-order valence-corrected chi connectivity index (χ4v) is 1.07. The van der Waals surface area contributed by atoms with E-state index in [2.05, 4.69) is 34.7 Å². The highest BCUT2D eigenvalue weighted by molar-refractivity contribution is 14.1. The van der Waals surface area contributed by atoms with Gasteiger partial charge in [0.1, 0.15) is 0 Å². The van der Waals surface area contributed by atoms with Gasteiger partial charge in [0.2, 0.25) is 0 Å². The van der Waals surface area contributed by atoms with Crippen LogP contribution in [0.15, 0.2) is 23.9 Å². The maximum absolute atomic E-state index is 5.47. The van der Waals surface area contributed by atoms with Crippen molar-refractivity contribution in [2.24, 2.45) is 5.73 Å². The van der Waals surface area contributed by atoms with Gasteiger partial charge in [-0.3, -0.25) is 0 Å². The highest BCUT2D eigenvalue weighted by Gasteiger charge is 1.99. The molecule has 0 aromatic heterocycles. The molecule has 2 N–H and O–H groups in total. The molecule has 0 aromatic rings. The summed E-state index contributed by atoms with van der Waals surface area (Å²) in [7, 11) is 0. The summed E-state index contributed by atoms with van der Waals surface area (Å²) in [6, 6.07) is 0. The predicted octanol–water partition coefficient (Wildman–Crippen LogP) is 1.59. The molecular formula is C6H8IN. The molecule has 0 bridgehead atoms. The summed E-state index contributed by atoms with van der Waals surface area (Å²) in [6.45, 7) is 0. The number of nitrogens with two attached hydrogens (primary N) is 1. The topological polar surface area (TPSA) is 26.0 Å². The van der Waals surface area contributed by atoms with Crippen LogP contribution >= 0.6 is 22.6 Å². The zero-order chi connectivity index (χ0) is 5.98. The molecule has 0 aliphatic heterocycles. The van der Waals surface area contributed by atoms with Crippen molar-refractivity contribution in [2.75, 3.05) is 0 Å². The first-order chi connectivity index (χ1) is 3.79. The van der Waals surface area contributed by atoms with Gasteiger partial charge in [-0.05, 0) is 12.5 Å². The molecular weight excluding hydrogens is 213 g/mol. The molecule has 1 unspecified atom stereocenters. The number of hydrogen-bond acceptors (Lipinski definition) is 1. The molecule has 1 atom stereocenters. The van der Waals surface area contributed by atoms with Crippen LogP contribution in [0.1, 0.15) is 6.42 Å². The molecule has 44 valence electrons. The lowest BCUT2D eigenvalue weighted by Gasteiger charge is -2.05. The molecule has 0 amide bonds. The fourth-order valence-electron chi connectivity index (χ4n) is 0.611. The van der Waals surface area contributed by atoms with Gasteiger partial charge in [-0.1, -0.05) is 34.7 Å². The van der Waals surface area contributed by atoms with Crippen molar-refractivity contribution in [3.63, 3.8) is 0 Å². The van der Waals surface area contributed by atoms with Crippen molar-refractivity contribution in [3.05, 3.63) is 23.9 Å². The average Bonchev–Trinajstić information content (AvgIpc) is 1.77. The molecule has 0 aromatic carbocycles. The second kappa shape index (κ2) is 2.53. The second-order valence-electron chi connectivity index (χ2n) is 1.81. The molecule has 0 saturated heterocycles. The van der Waals surface area contributed by atoms with E-state index < -0.39 is 0 Å². The van der Waals surface area contributed by atoms with Gasteiger partial charge in [-0.15, -0.1) is 0 Å². The molecule has 0 fully saturated rings. The predicted molar refractivity (Wildman–Crippen MR) is 43.8 cm³/mol. The number of rotatable bonds is 0. The Balaban J connectivity index is 2.58. The van der Waals surface area contributed by atoms with Crippen molar-refractivity contribution >= 4 is 22.6 Å². The van der Waals surface area contributed by atoms with Gasteiger partial charge in [-0.2, -0.15) is 0 Å². The van der Waals surface area contributed by atoms with Crippen molar-refractivity contribution in [3.8, 4) is 0 Å². The lowest BCUT2D eigenvalue weighted by molar-refractivity contribution is 1.06. The summed E-state index contributed by atoms with van der Waals surface area (Å²) < 4.78 is 0.653. The third kappa shape index (κ3) is 1.51. The third-order valence-electron chi connectivity index (χ3n) is 1.08. The van der Waals surface area contributed by atoms with Crippen LogP contribution in [0.25, 0.3) is 0 Å². The third-order valence-corrected chi connectivity index (χ3v) is 2.00. The van der Waals surface area contributed by atoms with Gasteiger partial charge < -0.3 is 5.73 Å². The Hall–Kier alpha value is 0.01000. The van der Waals surface area contributed by atoms with Crippen LogP contribution in [-0.2, 0) is 0 Å². The molecule has 1 nitrogen and oxygen atoms in total. The smallest absolute Gasteiger partial charge is 0.0328 e. The number of allylic oxidation sites excluding steroid dienone is 3. The molecule has 1 rings (SSSR count). The molecule has 1 aliphatic carbocycles. The van der Waals surface area contributed by atoms with Gasteiger partial charge in [0.05, 0.1) is 0 Å². The second-order valence-corrected chi connectivity index (χ2v) is 3.41. The van der Waals surface area contributed by atoms with Crippen LogP contribution in [-0.4, -0.2) is 3.92 Å². The van der Waals surface area contributed by atoms with Crippen molar-refractivity contribution in [1.82, 2.24) is 0 Å². The summed E-state index contributed by atoms with van der Waals surface area (Å²) in [4.78, 5) is 0. The van der Waals surface area contributed by atoms with Gasteiger partial charge >= 0.3 is 0 Å². The van der Waals surface area contributed by atoms with Crippen molar-refractivity contribution < 1.29 is 0 Å². The number of hydrogen-bond donors (Lipinski definition) is 1. The molecule has 0 radical (unpaired) electrons. The minimum absolute atomic E-state index is 0.653. The van der Waals surface area contributed by atoms with E-state index in [4.69, 9.17) is 5.73 Å². The highest BCUT2D eigenvalue weighted by Crippen LogP contribution is 2.13. The van der Waals surface area contributed by atoms with Gasteiger partial charge in [0.25, 0.3) is 0 Å². The first-order valence-corrected chi connectivity index (χ1v) is 3.81. The quantitative estimate of drug-likeness (QED) is 0.487. The molecule has 8 heavy (non-hydrogen) atoms. The standard InChI is InChI=1S/C6H8IN/c7-5-1-3-6(8)4-2-5/h1,3-5H,2,8H2. The lowest BCUT2D eigenvalue weighted by atomic mass is 10.2. The average molecular weight is 221 g/mol. The summed E-state index contributed by atoms with van der Waals surface area (Å²) in [5.41, 5.74) is 6.37. The molecule has 0 saturated carbocycles.